The first-order valence-electron chi connectivity index (χ1n) is 13.6. The van der Waals surface area contributed by atoms with Gasteiger partial charge in [0.2, 0.25) is 0 Å². The third-order valence-corrected chi connectivity index (χ3v) is 7.46. The summed E-state index contributed by atoms with van der Waals surface area (Å²) in [6.45, 7) is 12.8. The number of ether oxygens (including phenoxy) is 2. The molecule has 3 aromatic rings. The summed E-state index contributed by atoms with van der Waals surface area (Å²) in [6.07, 6.45) is 1.55. The molecule has 2 aromatic carbocycles. The van der Waals surface area contributed by atoms with E-state index in [1.165, 1.54) is 28.0 Å². The number of benzene rings is 2. The Morgan fingerprint density at radius 1 is 0.875 bits per heavy atom. The van der Waals surface area contributed by atoms with Crippen LogP contribution in [0.3, 0.4) is 0 Å². The van der Waals surface area contributed by atoms with Crippen LogP contribution in [-0.2, 0) is 38.4 Å². The lowest BCUT2D eigenvalue weighted by molar-refractivity contribution is -0.161. The van der Waals surface area contributed by atoms with Crippen LogP contribution in [0.1, 0.15) is 67.9 Å². The summed E-state index contributed by atoms with van der Waals surface area (Å²) in [6, 6.07) is 19.0. The van der Waals surface area contributed by atoms with Crippen LogP contribution in [0, 0.1) is 0 Å². The summed E-state index contributed by atoms with van der Waals surface area (Å²) in [5.41, 5.74) is 3.36. The van der Waals surface area contributed by atoms with Gasteiger partial charge in [-0.2, -0.15) is 0 Å². The summed E-state index contributed by atoms with van der Waals surface area (Å²) in [5.74, 6) is -2.40. The smallest absolute Gasteiger partial charge is 0.397 e. The summed E-state index contributed by atoms with van der Waals surface area (Å²) in [7, 11) is 0. The minimum absolute atomic E-state index is 0.327. The molecule has 0 spiro atoms. The van der Waals surface area contributed by atoms with Crippen LogP contribution in [0.25, 0.3) is 11.1 Å². The molecule has 0 unspecified atom stereocenters. The fourth-order valence-corrected chi connectivity index (χ4v) is 5.81. The molecule has 1 N–H and O–H groups in total. The Balaban J connectivity index is 1.47. The Bertz CT molecular complexity index is 1370. The molecule has 0 fully saturated rings. The van der Waals surface area contributed by atoms with Gasteiger partial charge in [-0.3, -0.25) is 9.69 Å². The van der Waals surface area contributed by atoms with Gasteiger partial charge in [0, 0.05) is 24.5 Å². The molecule has 1 aliphatic rings. The Kier molecular flexibility index (Phi) is 8.80. The average molecular weight is 563 g/mol. The van der Waals surface area contributed by atoms with E-state index in [2.05, 4.69) is 46.6 Å². The molecule has 1 aliphatic heterocycles. The number of rotatable bonds is 6. The average Bonchev–Trinajstić information content (AvgIpc) is 3.23. The first-order valence-corrected chi connectivity index (χ1v) is 14.4. The molecule has 0 bridgehead atoms. The zero-order valence-electron chi connectivity index (χ0n) is 24.1. The van der Waals surface area contributed by atoms with Crippen molar-refractivity contribution in [2.75, 3.05) is 18.4 Å². The van der Waals surface area contributed by atoms with E-state index < -0.39 is 29.0 Å². The number of hydrogen-bond donors (Lipinski definition) is 1. The van der Waals surface area contributed by atoms with Gasteiger partial charge in [0.25, 0.3) is 0 Å². The van der Waals surface area contributed by atoms with Crippen molar-refractivity contribution in [3.05, 3.63) is 76.2 Å². The lowest BCUT2D eigenvalue weighted by Crippen LogP contribution is -2.33. The van der Waals surface area contributed by atoms with E-state index in [0.717, 1.165) is 30.0 Å². The fourth-order valence-electron chi connectivity index (χ4n) is 4.54. The van der Waals surface area contributed by atoms with Crippen LogP contribution >= 0.6 is 11.3 Å². The maximum Gasteiger partial charge on any atom is 0.397 e. The molecule has 0 radical (unpaired) electrons. The summed E-state index contributed by atoms with van der Waals surface area (Å²) < 4.78 is 10.9. The van der Waals surface area contributed by atoms with Gasteiger partial charge < -0.3 is 14.8 Å². The van der Waals surface area contributed by atoms with Crippen LogP contribution in [0.2, 0.25) is 0 Å². The number of anilines is 1. The molecule has 1 aromatic heterocycles. The van der Waals surface area contributed by atoms with Crippen molar-refractivity contribution >= 4 is 34.2 Å². The minimum atomic E-state index is -0.992. The predicted octanol–water partition coefficient (Wildman–Crippen LogP) is 6.25. The maximum atomic E-state index is 13.2. The third kappa shape index (κ3) is 7.79. The van der Waals surface area contributed by atoms with Gasteiger partial charge in [0.1, 0.15) is 16.2 Å². The first kappa shape index (κ1) is 29.5. The molecule has 1 amide bonds. The molecule has 40 heavy (non-hydrogen) atoms. The highest BCUT2D eigenvalue weighted by atomic mass is 32.1. The van der Waals surface area contributed by atoms with Gasteiger partial charge in [0.15, 0.2) is 0 Å². The van der Waals surface area contributed by atoms with Gasteiger partial charge in [-0.1, -0.05) is 54.6 Å². The number of esters is 2. The molecule has 212 valence electrons. The largest absolute Gasteiger partial charge is 0.456 e. The lowest BCUT2D eigenvalue weighted by Gasteiger charge is -2.27. The van der Waals surface area contributed by atoms with Crippen LogP contribution in [-0.4, -0.2) is 47.0 Å². The third-order valence-electron chi connectivity index (χ3n) is 6.33. The number of hydrogen-bond acceptors (Lipinski definition) is 7. The van der Waals surface area contributed by atoms with Crippen LogP contribution in [0.5, 0.6) is 0 Å². The van der Waals surface area contributed by atoms with Gasteiger partial charge >= 0.3 is 17.8 Å². The highest BCUT2D eigenvalue weighted by Gasteiger charge is 2.33. The van der Waals surface area contributed by atoms with Gasteiger partial charge in [-0.15, -0.1) is 11.3 Å². The van der Waals surface area contributed by atoms with Gasteiger partial charge in [-0.05, 0) is 76.6 Å². The maximum absolute atomic E-state index is 13.2. The monoisotopic (exact) mass is 562 g/mol. The highest BCUT2D eigenvalue weighted by molar-refractivity contribution is 7.17. The molecule has 0 atom stereocenters. The van der Waals surface area contributed by atoms with Crippen molar-refractivity contribution in [2.45, 2.75) is 72.1 Å². The lowest BCUT2D eigenvalue weighted by atomic mass is 10.0. The number of thiophene rings is 1. The topological polar surface area (TPSA) is 84.9 Å². The van der Waals surface area contributed by atoms with Crippen molar-refractivity contribution < 1.29 is 23.9 Å². The minimum Gasteiger partial charge on any atom is -0.456 e. The Labute approximate surface area is 240 Å². The number of carbonyl (C=O) groups excluding carboxylic acids is 3. The van der Waals surface area contributed by atoms with E-state index in [4.69, 9.17) is 9.47 Å². The molecule has 0 saturated heterocycles. The van der Waals surface area contributed by atoms with Crippen LogP contribution < -0.4 is 5.32 Å². The second-order valence-electron chi connectivity index (χ2n) is 12.0. The second-order valence-corrected chi connectivity index (χ2v) is 13.1. The molecule has 0 saturated carbocycles. The number of nitrogens with zero attached hydrogens (tertiary/aromatic N) is 1. The molecule has 8 heteroatoms. The molecule has 4 rings (SSSR count). The molecular formula is C32H38N2O5S. The zero-order chi connectivity index (χ0) is 29.1. The van der Waals surface area contributed by atoms with Crippen molar-refractivity contribution in [1.82, 2.24) is 4.90 Å². The summed E-state index contributed by atoms with van der Waals surface area (Å²) in [5, 5.41) is 2.96. The van der Waals surface area contributed by atoms with E-state index in [1.54, 1.807) is 41.5 Å². The number of amides is 1. The Morgan fingerprint density at radius 3 is 2.12 bits per heavy atom. The van der Waals surface area contributed by atoms with E-state index in [-0.39, 0.29) is 0 Å². The predicted molar refractivity (Wildman–Crippen MR) is 159 cm³/mol. The SMILES string of the molecule is CC(C)(C)OC(=O)C(=O)Nc1sc2c(c1C(=O)OC(C)(C)C)CCN(CCc1ccc(-c3ccccc3)cc1)C2. The molecular weight excluding hydrogens is 524 g/mol. The van der Waals surface area contributed by atoms with E-state index in [1.807, 2.05) is 18.2 Å². The molecule has 0 aliphatic carbocycles. The van der Waals surface area contributed by atoms with Crippen molar-refractivity contribution in [3.63, 3.8) is 0 Å². The van der Waals surface area contributed by atoms with Crippen LogP contribution in [0.15, 0.2) is 54.6 Å². The van der Waals surface area contributed by atoms with E-state index in [0.29, 0.717) is 23.5 Å². The number of carbonyl (C=O) groups is 3. The van der Waals surface area contributed by atoms with Gasteiger partial charge in [0.05, 0.1) is 5.56 Å². The van der Waals surface area contributed by atoms with Crippen molar-refractivity contribution in [1.29, 1.82) is 0 Å². The Hall–Kier alpha value is -3.49. The van der Waals surface area contributed by atoms with Crippen molar-refractivity contribution in [2.24, 2.45) is 0 Å². The first-order chi connectivity index (χ1) is 18.8. The standard InChI is InChI=1S/C32H38N2O5S/c1-31(2,3)38-29(36)26-24-17-19-34(18-16-21-12-14-23(15-13-21)22-10-8-7-9-11-22)20-25(24)40-28(26)33-27(35)30(37)39-32(4,5)6/h7-15H,16-20H2,1-6H3,(H,33,35). The summed E-state index contributed by atoms with van der Waals surface area (Å²) >= 11 is 1.32. The second kappa shape index (κ2) is 11.9. The van der Waals surface area contributed by atoms with E-state index in [9.17, 15) is 14.4 Å². The quantitative estimate of drug-likeness (QED) is 0.282. The fraction of sp³-hybridized carbons (Fsp3) is 0.406. The summed E-state index contributed by atoms with van der Waals surface area (Å²) in [4.78, 5) is 41.6. The highest BCUT2D eigenvalue weighted by Crippen LogP contribution is 2.38. The van der Waals surface area contributed by atoms with Crippen molar-refractivity contribution in [3.8, 4) is 11.1 Å². The normalized spacial score (nSPS) is 13.8. The number of nitrogens with one attached hydrogen (secondary N) is 1. The molecule has 2 heterocycles. The van der Waals surface area contributed by atoms with E-state index >= 15 is 0 Å². The molecule has 7 nitrogen and oxygen atoms in total. The zero-order valence-corrected chi connectivity index (χ0v) is 24.9. The Morgan fingerprint density at radius 2 is 1.50 bits per heavy atom. The van der Waals surface area contributed by atoms with Crippen LogP contribution in [0.4, 0.5) is 5.00 Å². The van der Waals surface area contributed by atoms with Gasteiger partial charge in [-0.25, -0.2) is 9.59 Å². The number of fused-ring (bicyclic) bond motifs is 1.